The molecule has 0 unspecified atom stereocenters. The Morgan fingerprint density at radius 3 is 2.88 bits per heavy atom. The molecule has 0 bridgehead atoms. The molecule has 0 atom stereocenters. The summed E-state index contributed by atoms with van der Waals surface area (Å²) < 4.78 is 10.0. The first-order chi connectivity index (χ1) is 16.7. The van der Waals surface area contributed by atoms with E-state index < -0.39 is 0 Å². The van der Waals surface area contributed by atoms with Gasteiger partial charge in [-0.15, -0.1) is 10.2 Å². The molecule has 1 aliphatic heterocycles. The van der Waals surface area contributed by atoms with Crippen LogP contribution in [0.2, 0.25) is 0 Å². The number of hydrogen-bond acceptors (Lipinski definition) is 6. The zero-order chi connectivity index (χ0) is 22.8. The second-order valence-corrected chi connectivity index (χ2v) is 9.20. The lowest BCUT2D eigenvalue weighted by atomic mass is 10.1. The fourth-order valence-electron chi connectivity index (χ4n) is 4.83. The summed E-state index contributed by atoms with van der Waals surface area (Å²) in [6.07, 6.45) is 9.80. The van der Waals surface area contributed by atoms with Crippen molar-refractivity contribution >= 4 is 11.0 Å². The number of rotatable bonds is 4. The number of pyridine rings is 1. The Morgan fingerprint density at radius 2 is 2.00 bits per heavy atom. The highest BCUT2D eigenvalue weighted by atomic mass is 16.3. The van der Waals surface area contributed by atoms with E-state index in [2.05, 4.69) is 25.9 Å². The van der Waals surface area contributed by atoms with Gasteiger partial charge in [-0.3, -0.25) is 4.79 Å². The minimum Gasteiger partial charge on any atom is -0.463 e. The smallest absolute Gasteiger partial charge is 0.202 e. The quantitative estimate of drug-likeness (QED) is 0.402. The van der Waals surface area contributed by atoms with Gasteiger partial charge in [0.05, 0.1) is 34.4 Å². The first-order valence-electron chi connectivity index (χ1n) is 11.7. The third-order valence-electron chi connectivity index (χ3n) is 6.83. The lowest BCUT2D eigenvalue weighted by Gasteiger charge is -2.10. The van der Waals surface area contributed by atoms with Crippen molar-refractivity contribution in [3.63, 3.8) is 0 Å². The maximum absolute atomic E-state index is 13.6. The Hall–Kier alpha value is -4.07. The largest absolute Gasteiger partial charge is 0.463 e. The molecule has 1 fully saturated rings. The van der Waals surface area contributed by atoms with Gasteiger partial charge < -0.3 is 13.6 Å². The maximum Gasteiger partial charge on any atom is 0.202 e. The Balaban J connectivity index is 1.33. The van der Waals surface area contributed by atoms with E-state index >= 15 is 0 Å². The molecule has 5 heterocycles. The second-order valence-electron chi connectivity index (χ2n) is 9.20. The number of hydrogen-bond donors (Lipinski definition) is 0. The average molecular weight is 451 g/mol. The van der Waals surface area contributed by atoms with Gasteiger partial charge in [0.15, 0.2) is 5.82 Å². The Labute approximate surface area is 194 Å². The molecule has 8 nitrogen and oxygen atoms in total. The minimum atomic E-state index is -0.110. The number of aromatic nitrogens is 6. The maximum atomic E-state index is 13.6. The van der Waals surface area contributed by atoms with E-state index in [1.807, 2.05) is 48.1 Å². The summed E-state index contributed by atoms with van der Waals surface area (Å²) in [5.74, 6) is 2.30. The van der Waals surface area contributed by atoms with E-state index in [4.69, 9.17) is 9.40 Å². The summed E-state index contributed by atoms with van der Waals surface area (Å²) in [7, 11) is 0. The van der Waals surface area contributed by atoms with Crippen LogP contribution in [-0.2, 0) is 13.0 Å². The second kappa shape index (κ2) is 7.21. The van der Waals surface area contributed by atoms with Gasteiger partial charge in [0.25, 0.3) is 0 Å². The number of nitrogens with zero attached hydrogens (tertiary/aromatic N) is 6. The molecule has 1 aromatic carbocycles. The van der Waals surface area contributed by atoms with E-state index in [0.29, 0.717) is 33.8 Å². The molecular weight excluding hydrogens is 428 g/mol. The van der Waals surface area contributed by atoms with Crippen LogP contribution in [0.1, 0.15) is 42.3 Å². The van der Waals surface area contributed by atoms with Crippen molar-refractivity contribution in [3.8, 4) is 28.5 Å². The van der Waals surface area contributed by atoms with Gasteiger partial charge in [-0.1, -0.05) is 6.07 Å². The monoisotopic (exact) mass is 450 g/mol. The highest BCUT2D eigenvalue weighted by molar-refractivity contribution is 5.84. The number of imidazole rings is 1. The molecule has 1 saturated carbocycles. The fraction of sp³-hybridized carbons (Fsp3) is 0.269. The minimum absolute atomic E-state index is 0.110. The third-order valence-corrected chi connectivity index (χ3v) is 6.83. The Kier molecular flexibility index (Phi) is 4.12. The number of fused-ring (bicyclic) bond motifs is 2. The molecule has 168 valence electrons. The van der Waals surface area contributed by atoms with Crippen molar-refractivity contribution in [2.75, 3.05) is 0 Å². The van der Waals surface area contributed by atoms with Crippen LogP contribution in [0.25, 0.3) is 39.4 Å². The van der Waals surface area contributed by atoms with Gasteiger partial charge in [-0.2, -0.15) is 0 Å². The standard InChI is InChI=1S/C26H22N6O2/c1-15-10-23-17(11-22(15)31-12-21(27-14-31)16-7-8-16)25(33)18(13-34-23)19-4-2-5-20(28-19)26-30-29-24-6-3-9-32(24)26/h2,4-5,10-14,16H,3,6-9H2,1H3. The van der Waals surface area contributed by atoms with Crippen LogP contribution < -0.4 is 5.43 Å². The molecule has 7 rings (SSSR count). The third kappa shape index (κ3) is 3.02. The summed E-state index contributed by atoms with van der Waals surface area (Å²) in [6.45, 7) is 2.90. The molecule has 0 N–H and O–H groups in total. The van der Waals surface area contributed by atoms with Gasteiger partial charge in [0, 0.05) is 25.1 Å². The summed E-state index contributed by atoms with van der Waals surface area (Å²) in [4.78, 5) is 22.9. The fourth-order valence-corrected chi connectivity index (χ4v) is 4.83. The zero-order valence-corrected chi connectivity index (χ0v) is 18.7. The molecule has 8 heteroatoms. The normalized spacial score (nSPS) is 15.2. The Bertz CT molecular complexity index is 1640. The Morgan fingerprint density at radius 1 is 1.12 bits per heavy atom. The summed E-state index contributed by atoms with van der Waals surface area (Å²) in [5.41, 5.74) is 5.19. The van der Waals surface area contributed by atoms with Crippen molar-refractivity contribution in [1.29, 1.82) is 0 Å². The van der Waals surface area contributed by atoms with Crippen molar-refractivity contribution < 1.29 is 4.42 Å². The van der Waals surface area contributed by atoms with Crippen molar-refractivity contribution in [3.05, 3.63) is 76.4 Å². The topological polar surface area (TPSA) is 91.6 Å². The lowest BCUT2D eigenvalue weighted by Crippen LogP contribution is -2.08. The summed E-state index contributed by atoms with van der Waals surface area (Å²) in [6, 6.07) is 9.43. The van der Waals surface area contributed by atoms with Crippen LogP contribution in [-0.4, -0.2) is 29.3 Å². The lowest BCUT2D eigenvalue weighted by molar-refractivity contribution is 0.604. The van der Waals surface area contributed by atoms with E-state index in [-0.39, 0.29) is 5.43 Å². The number of aryl methyl sites for hydroxylation is 2. The van der Waals surface area contributed by atoms with Crippen molar-refractivity contribution in [2.24, 2.45) is 0 Å². The molecular formula is C26H22N6O2. The van der Waals surface area contributed by atoms with Crippen LogP contribution in [0.5, 0.6) is 0 Å². The number of benzene rings is 1. The van der Waals surface area contributed by atoms with E-state index in [0.717, 1.165) is 48.0 Å². The molecule has 5 aromatic rings. The van der Waals surface area contributed by atoms with E-state index in [9.17, 15) is 4.79 Å². The molecule has 1 aliphatic carbocycles. The van der Waals surface area contributed by atoms with Crippen LogP contribution in [0, 0.1) is 6.92 Å². The molecule has 34 heavy (non-hydrogen) atoms. The molecule has 0 amide bonds. The van der Waals surface area contributed by atoms with Gasteiger partial charge in [-0.05, 0) is 56.0 Å². The first-order valence-corrected chi connectivity index (χ1v) is 11.7. The average Bonchev–Trinajstić information content (AvgIpc) is 3.22. The zero-order valence-electron chi connectivity index (χ0n) is 18.7. The van der Waals surface area contributed by atoms with E-state index in [1.54, 1.807) is 0 Å². The highest BCUT2D eigenvalue weighted by Crippen LogP contribution is 2.39. The molecule has 0 saturated heterocycles. The molecule has 2 aliphatic rings. The van der Waals surface area contributed by atoms with Gasteiger partial charge in [0.1, 0.15) is 23.4 Å². The van der Waals surface area contributed by atoms with E-state index in [1.165, 1.54) is 19.1 Å². The predicted octanol–water partition coefficient (Wildman–Crippen LogP) is 4.43. The first kappa shape index (κ1) is 19.4. The van der Waals surface area contributed by atoms with Gasteiger partial charge >= 0.3 is 0 Å². The van der Waals surface area contributed by atoms with Crippen molar-refractivity contribution in [2.45, 2.75) is 45.1 Å². The predicted molar refractivity (Wildman–Crippen MR) is 127 cm³/mol. The van der Waals surface area contributed by atoms with Gasteiger partial charge in [-0.25, -0.2) is 9.97 Å². The van der Waals surface area contributed by atoms with Crippen LogP contribution in [0.15, 0.2) is 58.3 Å². The van der Waals surface area contributed by atoms with Gasteiger partial charge in [0.2, 0.25) is 5.43 Å². The van der Waals surface area contributed by atoms with Crippen LogP contribution in [0.4, 0.5) is 0 Å². The van der Waals surface area contributed by atoms with Crippen molar-refractivity contribution in [1.82, 2.24) is 29.3 Å². The summed E-state index contributed by atoms with van der Waals surface area (Å²) >= 11 is 0. The molecule has 0 radical (unpaired) electrons. The summed E-state index contributed by atoms with van der Waals surface area (Å²) in [5, 5.41) is 9.13. The van der Waals surface area contributed by atoms with Crippen LogP contribution >= 0.6 is 0 Å². The SMILES string of the molecule is Cc1cc2occ(-c3cccc(-c4nnc5n4CCC5)n3)c(=O)c2cc1-n1cnc(C2CC2)c1. The highest BCUT2D eigenvalue weighted by Gasteiger charge is 2.26. The molecule has 4 aromatic heterocycles. The molecule has 0 spiro atoms. The van der Waals surface area contributed by atoms with Crippen LogP contribution in [0.3, 0.4) is 0 Å².